The molecule has 21 heavy (non-hydrogen) atoms. The van der Waals surface area contributed by atoms with Crippen LogP contribution in [-0.4, -0.2) is 29.4 Å². The SMILES string of the molecule is CCCCC(=O)Nc1ccc(CC(=O)NCC(=O)O)cc1. The number of hydrogen-bond acceptors (Lipinski definition) is 3. The molecule has 0 unspecified atom stereocenters. The number of carbonyl (C=O) groups excluding carboxylic acids is 2. The Balaban J connectivity index is 2.44. The molecule has 0 aliphatic heterocycles. The van der Waals surface area contributed by atoms with Crippen LogP contribution in [0.1, 0.15) is 31.7 Å². The minimum absolute atomic E-state index is 0.0243. The molecule has 0 radical (unpaired) electrons. The Morgan fingerprint density at radius 1 is 1.10 bits per heavy atom. The van der Waals surface area contributed by atoms with Crippen LogP contribution in [0.4, 0.5) is 5.69 Å². The van der Waals surface area contributed by atoms with Crippen LogP contribution in [0, 0.1) is 0 Å². The number of nitrogens with one attached hydrogen (secondary N) is 2. The van der Waals surface area contributed by atoms with E-state index in [-0.39, 0.29) is 24.8 Å². The van der Waals surface area contributed by atoms with Gasteiger partial charge in [-0.25, -0.2) is 0 Å². The second-order valence-electron chi connectivity index (χ2n) is 4.70. The summed E-state index contributed by atoms with van der Waals surface area (Å²) >= 11 is 0. The number of carboxylic acid groups (broad SMARTS) is 1. The Morgan fingerprint density at radius 2 is 1.76 bits per heavy atom. The zero-order chi connectivity index (χ0) is 15.7. The van der Waals surface area contributed by atoms with Crippen molar-refractivity contribution < 1.29 is 19.5 Å². The van der Waals surface area contributed by atoms with Gasteiger partial charge in [0.05, 0.1) is 6.42 Å². The molecule has 0 aliphatic carbocycles. The molecule has 0 atom stereocenters. The summed E-state index contributed by atoms with van der Waals surface area (Å²) in [6, 6.07) is 6.92. The first-order valence-electron chi connectivity index (χ1n) is 6.88. The maximum atomic E-state index is 11.6. The van der Waals surface area contributed by atoms with Gasteiger partial charge in [-0.3, -0.25) is 14.4 Å². The van der Waals surface area contributed by atoms with Crippen LogP contribution in [0.15, 0.2) is 24.3 Å². The van der Waals surface area contributed by atoms with E-state index in [0.717, 1.165) is 18.4 Å². The third-order valence-corrected chi connectivity index (χ3v) is 2.80. The molecule has 1 aromatic rings. The molecule has 0 aliphatic rings. The fourth-order valence-corrected chi connectivity index (χ4v) is 1.69. The number of carbonyl (C=O) groups is 3. The van der Waals surface area contributed by atoms with Gasteiger partial charge < -0.3 is 15.7 Å². The number of anilines is 1. The Bertz CT molecular complexity index is 497. The van der Waals surface area contributed by atoms with E-state index in [2.05, 4.69) is 10.6 Å². The molecule has 0 saturated heterocycles. The maximum absolute atomic E-state index is 11.6. The van der Waals surface area contributed by atoms with E-state index in [9.17, 15) is 14.4 Å². The van der Waals surface area contributed by atoms with E-state index in [1.165, 1.54) is 0 Å². The quantitative estimate of drug-likeness (QED) is 0.677. The summed E-state index contributed by atoms with van der Waals surface area (Å²) in [6.07, 6.45) is 2.43. The minimum Gasteiger partial charge on any atom is -0.480 e. The van der Waals surface area contributed by atoms with Gasteiger partial charge in [0.1, 0.15) is 6.54 Å². The van der Waals surface area contributed by atoms with Crippen LogP contribution in [0.3, 0.4) is 0 Å². The van der Waals surface area contributed by atoms with Crippen molar-refractivity contribution in [2.45, 2.75) is 32.6 Å². The van der Waals surface area contributed by atoms with Crippen molar-refractivity contribution in [3.63, 3.8) is 0 Å². The number of carboxylic acids is 1. The smallest absolute Gasteiger partial charge is 0.322 e. The van der Waals surface area contributed by atoms with E-state index in [0.29, 0.717) is 12.1 Å². The van der Waals surface area contributed by atoms with Crippen molar-refractivity contribution >= 4 is 23.5 Å². The third kappa shape index (κ3) is 7.10. The highest BCUT2D eigenvalue weighted by atomic mass is 16.4. The van der Waals surface area contributed by atoms with Crippen molar-refractivity contribution in [2.24, 2.45) is 0 Å². The Labute approximate surface area is 123 Å². The lowest BCUT2D eigenvalue weighted by molar-refractivity contribution is -0.137. The second kappa shape index (κ2) is 8.73. The molecule has 0 heterocycles. The van der Waals surface area contributed by atoms with Crippen LogP contribution in [0.5, 0.6) is 0 Å². The lowest BCUT2D eigenvalue weighted by atomic mass is 10.1. The van der Waals surface area contributed by atoms with Gasteiger partial charge in [-0.15, -0.1) is 0 Å². The van der Waals surface area contributed by atoms with Crippen molar-refractivity contribution in [1.82, 2.24) is 5.32 Å². The van der Waals surface area contributed by atoms with Crippen LogP contribution >= 0.6 is 0 Å². The predicted molar refractivity (Wildman–Crippen MR) is 78.9 cm³/mol. The molecule has 0 saturated carbocycles. The molecular formula is C15H20N2O4. The fourth-order valence-electron chi connectivity index (χ4n) is 1.69. The van der Waals surface area contributed by atoms with Gasteiger partial charge >= 0.3 is 5.97 Å². The molecule has 1 aromatic carbocycles. The van der Waals surface area contributed by atoms with Crippen LogP contribution in [0.25, 0.3) is 0 Å². The highest BCUT2D eigenvalue weighted by Gasteiger charge is 2.06. The zero-order valence-corrected chi connectivity index (χ0v) is 12.0. The summed E-state index contributed by atoms with van der Waals surface area (Å²) < 4.78 is 0. The van der Waals surface area contributed by atoms with E-state index in [4.69, 9.17) is 5.11 Å². The summed E-state index contributed by atoms with van der Waals surface area (Å²) in [7, 11) is 0. The summed E-state index contributed by atoms with van der Waals surface area (Å²) in [6.45, 7) is 1.64. The Morgan fingerprint density at radius 3 is 2.33 bits per heavy atom. The highest BCUT2D eigenvalue weighted by Crippen LogP contribution is 2.11. The molecule has 0 spiro atoms. The normalized spacial score (nSPS) is 9.95. The maximum Gasteiger partial charge on any atom is 0.322 e. The van der Waals surface area contributed by atoms with E-state index in [1.54, 1.807) is 24.3 Å². The van der Waals surface area contributed by atoms with Gasteiger partial charge in [0.2, 0.25) is 11.8 Å². The number of hydrogen-bond donors (Lipinski definition) is 3. The largest absolute Gasteiger partial charge is 0.480 e. The molecule has 1 rings (SSSR count). The topological polar surface area (TPSA) is 95.5 Å². The summed E-state index contributed by atoms with van der Waals surface area (Å²) in [5, 5.41) is 13.5. The molecule has 0 aromatic heterocycles. The van der Waals surface area contributed by atoms with Crippen molar-refractivity contribution in [3.8, 4) is 0 Å². The minimum atomic E-state index is -1.08. The van der Waals surface area contributed by atoms with Gasteiger partial charge in [-0.2, -0.15) is 0 Å². The number of unbranched alkanes of at least 4 members (excludes halogenated alkanes) is 1. The average Bonchev–Trinajstić information content (AvgIpc) is 2.45. The average molecular weight is 292 g/mol. The van der Waals surface area contributed by atoms with Gasteiger partial charge in [0.25, 0.3) is 0 Å². The van der Waals surface area contributed by atoms with Crippen molar-refractivity contribution in [3.05, 3.63) is 29.8 Å². The van der Waals surface area contributed by atoms with Crippen LogP contribution in [0.2, 0.25) is 0 Å². The Hall–Kier alpha value is -2.37. The number of aliphatic carboxylic acids is 1. The highest BCUT2D eigenvalue weighted by molar-refractivity contribution is 5.90. The molecule has 114 valence electrons. The van der Waals surface area contributed by atoms with Crippen molar-refractivity contribution in [2.75, 3.05) is 11.9 Å². The predicted octanol–water partition coefficient (Wildman–Crippen LogP) is 1.56. The molecular weight excluding hydrogens is 272 g/mol. The summed E-state index contributed by atoms with van der Waals surface area (Å²) in [5.41, 5.74) is 1.44. The first kappa shape index (κ1) is 16.7. The van der Waals surface area contributed by atoms with Gasteiger partial charge in [0, 0.05) is 12.1 Å². The van der Waals surface area contributed by atoms with Gasteiger partial charge in [0.15, 0.2) is 0 Å². The second-order valence-corrected chi connectivity index (χ2v) is 4.70. The lowest BCUT2D eigenvalue weighted by Crippen LogP contribution is -2.30. The van der Waals surface area contributed by atoms with Gasteiger partial charge in [-0.1, -0.05) is 25.5 Å². The standard InChI is InChI=1S/C15H20N2O4/c1-2-3-4-13(18)17-12-7-5-11(6-8-12)9-14(19)16-10-15(20)21/h5-8H,2-4,9-10H2,1H3,(H,16,19)(H,17,18)(H,20,21). The van der Waals surface area contributed by atoms with E-state index in [1.807, 2.05) is 6.92 Å². The first-order valence-corrected chi connectivity index (χ1v) is 6.88. The number of rotatable bonds is 8. The molecule has 0 bridgehead atoms. The molecule has 3 N–H and O–H groups in total. The monoisotopic (exact) mass is 292 g/mol. The van der Waals surface area contributed by atoms with Gasteiger partial charge in [-0.05, 0) is 24.1 Å². The van der Waals surface area contributed by atoms with Crippen LogP contribution in [-0.2, 0) is 20.8 Å². The summed E-state index contributed by atoms with van der Waals surface area (Å²) in [4.78, 5) is 33.3. The number of amides is 2. The molecule has 2 amide bonds. The molecule has 6 nitrogen and oxygen atoms in total. The molecule has 6 heteroatoms. The van der Waals surface area contributed by atoms with Crippen molar-refractivity contribution in [1.29, 1.82) is 0 Å². The number of benzene rings is 1. The lowest BCUT2D eigenvalue weighted by Gasteiger charge is -2.06. The Kier molecular flexibility index (Phi) is 6.94. The van der Waals surface area contributed by atoms with E-state index < -0.39 is 5.97 Å². The fraction of sp³-hybridized carbons (Fsp3) is 0.400. The zero-order valence-electron chi connectivity index (χ0n) is 12.0. The summed E-state index contributed by atoms with van der Waals surface area (Å²) in [5.74, 6) is -1.45. The first-order chi connectivity index (χ1) is 10.0. The van der Waals surface area contributed by atoms with Crippen LogP contribution < -0.4 is 10.6 Å². The van der Waals surface area contributed by atoms with E-state index >= 15 is 0 Å². The third-order valence-electron chi connectivity index (χ3n) is 2.80. The molecule has 0 fully saturated rings.